The van der Waals surface area contributed by atoms with E-state index in [1.165, 1.54) is 11.3 Å². The lowest BCUT2D eigenvalue weighted by Crippen LogP contribution is -2.26. The van der Waals surface area contributed by atoms with E-state index in [1.807, 2.05) is 18.2 Å². The van der Waals surface area contributed by atoms with Gasteiger partial charge in [-0.05, 0) is 18.2 Å². The molecule has 102 valence electrons. The van der Waals surface area contributed by atoms with Crippen LogP contribution >= 0.6 is 22.9 Å². The summed E-state index contributed by atoms with van der Waals surface area (Å²) in [6.07, 6.45) is 0. The second-order valence-corrected chi connectivity index (χ2v) is 5.29. The number of thiophene rings is 1. The standard InChI is InChI=1S/C13H14ClNO3S/c1-17-6-5-15-13(16)12-11(14)9-4-3-8(18-2)7-10(9)19-12/h3-4,7H,5-6H2,1-2H3,(H,15,16). The van der Waals surface area contributed by atoms with Crippen molar-refractivity contribution >= 4 is 38.9 Å². The first-order chi connectivity index (χ1) is 9.17. The number of hydrogen-bond acceptors (Lipinski definition) is 4. The molecule has 2 aromatic rings. The second-order valence-electron chi connectivity index (χ2n) is 3.86. The summed E-state index contributed by atoms with van der Waals surface area (Å²) in [7, 11) is 3.19. The maximum atomic E-state index is 12.0. The molecule has 0 saturated carbocycles. The lowest BCUT2D eigenvalue weighted by Gasteiger charge is -2.02. The van der Waals surface area contributed by atoms with Crippen LogP contribution in [0.25, 0.3) is 10.1 Å². The maximum absolute atomic E-state index is 12.0. The SMILES string of the molecule is COCCNC(=O)c1sc2cc(OC)ccc2c1Cl. The molecule has 6 heteroatoms. The predicted octanol–water partition coefficient (Wildman–Crippen LogP) is 2.94. The summed E-state index contributed by atoms with van der Waals surface area (Å²) in [4.78, 5) is 12.5. The van der Waals surface area contributed by atoms with Crippen molar-refractivity contribution in [3.8, 4) is 5.75 Å². The molecule has 19 heavy (non-hydrogen) atoms. The molecular weight excluding hydrogens is 286 g/mol. The van der Waals surface area contributed by atoms with E-state index in [9.17, 15) is 4.79 Å². The summed E-state index contributed by atoms with van der Waals surface area (Å²) in [6, 6.07) is 5.56. The van der Waals surface area contributed by atoms with E-state index in [0.29, 0.717) is 23.1 Å². The minimum absolute atomic E-state index is 0.179. The number of ether oxygens (including phenoxy) is 2. The Morgan fingerprint density at radius 3 is 2.89 bits per heavy atom. The molecule has 0 radical (unpaired) electrons. The Labute approximate surface area is 120 Å². The van der Waals surface area contributed by atoms with Gasteiger partial charge in [0.1, 0.15) is 10.6 Å². The number of methoxy groups -OCH3 is 2. The second kappa shape index (κ2) is 6.23. The van der Waals surface area contributed by atoms with Crippen LogP contribution in [0, 0.1) is 0 Å². The molecule has 1 amide bonds. The molecule has 0 aliphatic carbocycles. The van der Waals surface area contributed by atoms with Gasteiger partial charge in [-0.1, -0.05) is 11.6 Å². The van der Waals surface area contributed by atoms with Crippen LogP contribution in [0.3, 0.4) is 0 Å². The number of nitrogens with one attached hydrogen (secondary N) is 1. The number of carbonyl (C=O) groups excluding carboxylic acids is 1. The van der Waals surface area contributed by atoms with Crippen molar-refractivity contribution in [3.63, 3.8) is 0 Å². The lowest BCUT2D eigenvalue weighted by atomic mass is 10.2. The number of benzene rings is 1. The van der Waals surface area contributed by atoms with Crippen LogP contribution in [0.15, 0.2) is 18.2 Å². The van der Waals surface area contributed by atoms with Crippen molar-refractivity contribution < 1.29 is 14.3 Å². The minimum Gasteiger partial charge on any atom is -0.497 e. The first-order valence-electron chi connectivity index (χ1n) is 5.70. The molecule has 0 aliphatic rings. The van der Waals surface area contributed by atoms with E-state index >= 15 is 0 Å². The van der Waals surface area contributed by atoms with Gasteiger partial charge in [-0.3, -0.25) is 4.79 Å². The third kappa shape index (κ3) is 3.00. The zero-order valence-electron chi connectivity index (χ0n) is 10.7. The van der Waals surface area contributed by atoms with Crippen LogP contribution in [-0.2, 0) is 4.74 Å². The fourth-order valence-corrected chi connectivity index (χ4v) is 3.13. The van der Waals surface area contributed by atoms with Gasteiger partial charge in [0.15, 0.2) is 0 Å². The van der Waals surface area contributed by atoms with Crippen LogP contribution < -0.4 is 10.1 Å². The van der Waals surface area contributed by atoms with Gasteiger partial charge < -0.3 is 14.8 Å². The molecule has 0 spiro atoms. The van der Waals surface area contributed by atoms with Gasteiger partial charge >= 0.3 is 0 Å². The van der Waals surface area contributed by atoms with Crippen LogP contribution in [0.5, 0.6) is 5.75 Å². The minimum atomic E-state index is -0.179. The normalized spacial score (nSPS) is 10.7. The van der Waals surface area contributed by atoms with E-state index in [4.69, 9.17) is 21.1 Å². The Bertz CT molecular complexity index is 597. The number of fused-ring (bicyclic) bond motifs is 1. The summed E-state index contributed by atoms with van der Waals surface area (Å²) >= 11 is 7.59. The Hall–Kier alpha value is -1.30. The highest BCUT2D eigenvalue weighted by Gasteiger charge is 2.17. The van der Waals surface area contributed by atoms with Crippen LogP contribution in [0.4, 0.5) is 0 Å². The molecule has 0 atom stereocenters. The highest BCUT2D eigenvalue weighted by atomic mass is 35.5. The van der Waals surface area contributed by atoms with Gasteiger partial charge in [-0.2, -0.15) is 0 Å². The van der Waals surface area contributed by atoms with E-state index in [0.717, 1.165) is 15.8 Å². The van der Waals surface area contributed by atoms with Gasteiger partial charge in [0.05, 0.1) is 18.7 Å². The molecule has 0 unspecified atom stereocenters. The van der Waals surface area contributed by atoms with Crippen molar-refractivity contribution in [1.82, 2.24) is 5.32 Å². The van der Waals surface area contributed by atoms with Crippen molar-refractivity contribution in [3.05, 3.63) is 28.1 Å². The molecular formula is C13H14ClNO3S. The van der Waals surface area contributed by atoms with Crippen LogP contribution in [0.1, 0.15) is 9.67 Å². The first kappa shape index (κ1) is 14.1. The number of halogens is 1. The number of carbonyl (C=O) groups is 1. The van der Waals surface area contributed by atoms with Crippen molar-refractivity contribution in [1.29, 1.82) is 0 Å². The van der Waals surface area contributed by atoms with Gasteiger partial charge in [0, 0.05) is 23.7 Å². The highest BCUT2D eigenvalue weighted by Crippen LogP contribution is 2.37. The van der Waals surface area contributed by atoms with E-state index in [2.05, 4.69) is 5.32 Å². The van der Waals surface area contributed by atoms with Gasteiger partial charge in [-0.25, -0.2) is 0 Å². The third-order valence-corrected chi connectivity index (χ3v) is 4.29. The van der Waals surface area contributed by atoms with E-state index in [-0.39, 0.29) is 5.91 Å². The smallest absolute Gasteiger partial charge is 0.263 e. The summed E-state index contributed by atoms with van der Waals surface area (Å²) in [6.45, 7) is 0.936. The molecule has 0 bridgehead atoms. The maximum Gasteiger partial charge on any atom is 0.263 e. The van der Waals surface area contributed by atoms with Crippen molar-refractivity contribution in [2.75, 3.05) is 27.4 Å². The Morgan fingerprint density at radius 2 is 2.21 bits per heavy atom. The van der Waals surface area contributed by atoms with Crippen molar-refractivity contribution in [2.24, 2.45) is 0 Å². The monoisotopic (exact) mass is 299 g/mol. The quantitative estimate of drug-likeness (QED) is 0.864. The van der Waals surface area contributed by atoms with E-state index in [1.54, 1.807) is 14.2 Å². The zero-order chi connectivity index (χ0) is 13.8. The molecule has 0 aliphatic heterocycles. The lowest BCUT2D eigenvalue weighted by molar-refractivity contribution is 0.0941. The Kier molecular flexibility index (Phi) is 4.63. The summed E-state index contributed by atoms with van der Waals surface area (Å²) < 4.78 is 11.0. The van der Waals surface area contributed by atoms with Crippen molar-refractivity contribution in [2.45, 2.75) is 0 Å². The van der Waals surface area contributed by atoms with Crippen LogP contribution in [-0.4, -0.2) is 33.3 Å². The molecule has 1 N–H and O–H groups in total. The fourth-order valence-electron chi connectivity index (χ4n) is 1.67. The predicted molar refractivity (Wildman–Crippen MR) is 77.6 cm³/mol. The zero-order valence-corrected chi connectivity index (χ0v) is 12.2. The van der Waals surface area contributed by atoms with Crippen LogP contribution in [0.2, 0.25) is 5.02 Å². The topological polar surface area (TPSA) is 47.6 Å². The third-order valence-electron chi connectivity index (χ3n) is 2.63. The molecule has 1 heterocycles. The first-order valence-corrected chi connectivity index (χ1v) is 6.90. The molecule has 2 rings (SSSR count). The summed E-state index contributed by atoms with van der Waals surface area (Å²) in [5, 5.41) is 4.11. The molecule has 1 aromatic carbocycles. The Morgan fingerprint density at radius 1 is 1.42 bits per heavy atom. The molecule has 4 nitrogen and oxygen atoms in total. The van der Waals surface area contributed by atoms with E-state index < -0.39 is 0 Å². The highest BCUT2D eigenvalue weighted by molar-refractivity contribution is 7.21. The number of amides is 1. The van der Waals surface area contributed by atoms with Gasteiger partial charge in [0.2, 0.25) is 0 Å². The fraction of sp³-hybridized carbons (Fsp3) is 0.308. The average Bonchev–Trinajstić information content (AvgIpc) is 2.75. The Balaban J connectivity index is 2.28. The molecule has 1 aromatic heterocycles. The summed E-state index contributed by atoms with van der Waals surface area (Å²) in [5.74, 6) is 0.568. The molecule has 0 saturated heterocycles. The largest absolute Gasteiger partial charge is 0.497 e. The average molecular weight is 300 g/mol. The van der Waals surface area contributed by atoms with Gasteiger partial charge in [-0.15, -0.1) is 11.3 Å². The summed E-state index contributed by atoms with van der Waals surface area (Å²) in [5.41, 5.74) is 0. The van der Waals surface area contributed by atoms with Gasteiger partial charge in [0.25, 0.3) is 5.91 Å². The number of rotatable bonds is 5. The molecule has 0 fully saturated rings. The number of hydrogen-bond donors (Lipinski definition) is 1.